The molecule has 4 rings (SSSR count). The number of hydrogen-bond donors (Lipinski definition) is 1. The summed E-state index contributed by atoms with van der Waals surface area (Å²) < 4.78 is 5.59. The van der Waals surface area contributed by atoms with Crippen LogP contribution in [-0.4, -0.2) is 86.4 Å². The van der Waals surface area contributed by atoms with Crippen LogP contribution in [0.5, 0.6) is 0 Å². The van der Waals surface area contributed by atoms with E-state index in [0.29, 0.717) is 26.3 Å². The lowest BCUT2D eigenvalue weighted by Crippen LogP contribution is -2.50. The topological polar surface area (TPSA) is 56.2 Å². The van der Waals surface area contributed by atoms with Crippen LogP contribution < -0.4 is 4.90 Å². The van der Waals surface area contributed by atoms with Crippen molar-refractivity contribution in [3.8, 4) is 0 Å². The van der Waals surface area contributed by atoms with E-state index in [1.165, 1.54) is 11.3 Å². The molecule has 6 nitrogen and oxygen atoms in total. The normalized spacial score (nSPS) is 29.0. The number of aliphatic hydroxyl groups excluding tert-OH is 1. The van der Waals surface area contributed by atoms with Gasteiger partial charge in [0.1, 0.15) is 0 Å². The second kappa shape index (κ2) is 7.78. The first kappa shape index (κ1) is 18.7. The minimum atomic E-state index is -0.141. The number of anilines is 1. The molecule has 148 valence electrons. The third-order valence-electron chi connectivity index (χ3n) is 6.64. The van der Waals surface area contributed by atoms with Crippen molar-refractivity contribution in [2.24, 2.45) is 11.3 Å². The Balaban J connectivity index is 1.30. The Kier molecular flexibility index (Phi) is 5.39. The summed E-state index contributed by atoms with van der Waals surface area (Å²) in [6.07, 6.45) is 0.854. The number of carbonyl (C=O) groups is 1. The van der Waals surface area contributed by atoms with Crippen molar-refractivity contribution in [3.63, 3.8) is 0 Å². The highest BCUT2D eigenvalue weighted by Crippen LogP contribution is 2.41. The van der Waals surface area contributed by atoms with E-state index in [9.17, 15) is 9.90 Å². The van der Waals surface area contributed by atoms with Crippen LogP contribution in [0.1, 0.15) is 12.0 Å². The smallest absolute Gasteiger partial charge is 0.236 e. The van der Waals surface area contributed by atoms with E-state index < -0.39 is 0 Å². The van der Waals surface area contributed by atoms with E-state index in [1.54, 1.807) is 0 Å². The van der Waals surface area contributed by atoms with Crippen LogP contribution in [-0.2, 0) is 9.53 Å². The summed E-state index contributed by atoms with van der Waals surface area (Å²) in [6, 6.07) is 8.61. The fourth-order valence-electron chi connectivity index (χ4n) is 4.78. The van der Waals surface area contributed by atoms with Crippen LogP contribution in [0.3, 0.4) is 0 Å². The summed E-state index contributed by atoms with van der Waals surface area (Å²) in [6.45, 7) is 9.24. The van der Waals surface area contributed by atoms with Gasteiger partial charge in [0.05, 0.1) is 19.8 Å². The Labute approximate surface area is 161 Å². The van der Waals surface area contributed by atoms with Crippen LogP contribution in [0.25, 0.3) is 0 Å². The van der Waals surface area contributed by atoms with Gasteiger partial charge >= 0.3 is 0 Å². The maximum Gasteiger partial charge on any atom is 0.236 e. The number of fused-ring (bicyclic) bond motifs is 1. The Morgan fingerprint density at radius 3 is 2.81 bits per heavy atom. The van der Waals surface area contributed by atoms with E-state index in [2.05, 4.69) is 41.0 Å². The Morgan fingerprint density at radius 1 is 1.30 bits per heavy atom. The molecule has 3 saturated heterocycles. The third kappa shape index (κ3) is 3.84. The standard InChI is InChI=1S/C21H31N3O3/c1-17-3-2-4-19(11-17)23-8-6-22(7-9-23)13-20(26)24-12-18-14-27-10-5-21(18,15-24)16-25/h2-4,11,18,25H,5-10,12-16H2,1H3/t18-,21-/m1/s1. The fraction of sp³-hybridized carbons (Fsp3) is 0.667. The van der Waals surface area contributed by atoms with Crippen molar-refractivity contribution < 1.29 is 14.6 Å². The quantitative estimate of drug-likeness (QED) is 0.853. The zero-order valence-electron chi connectivity index (χ0n) is 16.3. The van der Waals surface area contributed by atoms with Gasteiger partial charge < -0.3 is 19.6 Å². The fourth-order valence-corrected chi connectivity index (χ4v) is 4.78. The van der Waals surface area contributed by atoms with Gasteiger partial charge in [-0.1, -0.05) is 12.1 Å². The molecule has 1 aromatic rings. The van der Waals surface area contributed by atoms with Gasteiger partial charge in [0.2, 0.25) is 5.91 Å². The number of benzene rings is 1. The molecular formula is C21H31N3O3. The van der Waals surface area contributed by atoms with E-state index in [4.69, 9.17) is 4.74 Å². The van der Waals surface area contributed by atoms with Crippen LogP contribution in [0.4, 0.5) is 5.69 Å². The third-order valence-corrected chi connectivity index (χ3v) is 6.64. The highest BCUT2D eigenvalue weighted by atomic mass is 16.5. The van der Waals surface area contributed by atoms with Crippen molar-refractivity contribution in [1.82, 2.24) is 9.80 Å². The molecule has 1 aromatic carbocycles. The minimum Gasteiger partial charge on any atom is -0.396 e. The van der Waals surface area contributed by atoms with Gasteiger partial charge in [0, 0.05) is 62.9 Å². The van der Waals surface area contributed by atoms with Crippen molar-refractivity contribution in [3.05, 3.63) is 29.8 Å². The highest BCUT2D eigenvalue weighted by Gasteiger charge is 2.49. The molecule has 0 spiro atoms. The van der Waals surface area contributed by atoms with Gasteiger partial charge in [-0.2, -0.15) is 0 Å². The number of aliphatic hydroxyl groups is 1. The van der Waals surface area contributed by atoms with E-state index >= 15 is 0 Å². The van der Waals surface area contributed by atoms with E-state index in [-0.39, 0.29) is 23.8 Å². The number of amides is 1. The van der Waals surface area contributed by atoms with E-state index in [0.717, 1.165) is 39.1 Å². The average Bonchev–Trinajstić information content (AvgIpc) is 3.09. The van der Waals surface area contributed by atoms with Crippen molar-refractivity contribution in [1.29, 1.82) is 0 Å². The van der Waals surface area contributed by atoms with Crippen LogP contribution in [0.2, 0.25) is 0 Å². The van der Waals surface area contributed by atoms with Crippen molar-refractivity contribution in [2.45, 2.75) is 13.3 Å². The molecule has 1 amide bonds. The van der Waals surface area contributed by atoms with Crippen LogP contribution >= 0.6 is 0 Å². The molecule has 0 unspecified atom stereocenters. The first-order valence-corrected chi connectivity index (χ1v) is 10.1. The lowest BCUT2D eigenvalue weighted by Gasteiger charge is -2.37. The van der Waals surface area contributed by atoms with Crippen molar-refractivity contribution in [2.75, 3.05) is 70.5 Å². The molecule has 3 aliphatic heterocycles. The highest BCUT2D eigenvalue weighted by molar-refractivity contribution is 5.78. The molecule has 27 heavy (non-hydrogen) atoms. The van der Waals surface area contributed by atoms with Gasteiger partial charge in [-0.3, -0.25) is 9.69 Å². The summed E-state index contributed by atoms with van der Waals surface area (Å²) >= 11 is 0. The molecule has 6 heteroatoms. The molecule has 2 atom stereocenters. The lowest BCUT2D eigenvalue weighted by molar-refractivity contribution is -0.132. The number of carbonyl (C=O) groups excluding carboxylic acids is 1. The number of rotatable bonds is 4. The molecule has 0 aliphatic carbocycles. The predicted octanol–water partition coefficient (Wildman–Crippen LogP) is 0.974. The number of hydrogen-bond acceptors (Lipinski definition) is 5. The van der Waals surface area contributed by atoms with Crippen molar-refractivity contribution >= 4 is 11.6 Å². The second-order valence-electron chi connectivity index (χ2n) is 8.42. The summed E-state index contributed by atoms with van der Waals surface area (Å²) in [4.78, 5) is 19.5. The molecule has 1 N–H and O–H groups in total. The average molecular weight is 373 g/mol. The number of nitrogens with zero attached hydrogens (tertiary/aromatic N) is 3. The molecule has 0 aromatic heterocycles. The van der Waals surface area contributed by atoms with Gasteiger partial charge in [-0.05, 0) is 31.0 Å². The summed E-state index contributed by atoms with van der Waals surface area (Å²) in [5.41, 5.74) is 2.41. The predicted molar refractivity (Wildman–Crippen MR) is 105 cm³/mol. The first-order valence-electron chi connectivity index (χ1n) is 10.1. The Morgan fingerprint density at radius 2 is 2.11 bits per heavy atom. The maximum absolute atomic E-state index is 12.9. The molecule has 3 fully saturated rings. The van der Waals surface area contributed by atoms with Crippen LogP contribution in [0, 0.1) is 18.3 Å². The molecule has 0 radical (unpaired) electrons. The van der Waals surface area contributed by atoms with Gasteiger partial charge in [-0.15, -0.1) is 0 Å². The van der Waals surface area contributed by atoms with Gasteiger partial charge in [0.15, 0.2) is 0 Å². The number of piperazine rings is 1. The molecule has 0 bridgehead atoms. The molecule has 3 heterocycles. The molecule has 3 aliphatic rings. The SMILES string of the molecule is Cc1cccc(N2CCN(CC(=O)N3C[C@@H]4COCC[C@]4(CO)C3)CC2)c1. The monoisotopic (exact) mass is 373 g/mol. The number of ether oxygens (including phenoxy) is 1. The number of likely N-dealkylation sites (tertiary alicyclic amines) is 1. The summed E-state index contributed by atoms with van der Waals surface area (Å²) in [5.74, 6) is 0.472. The summed E-state index contributed by atoms with van der Waals surface area (Å²) in [5, 5.41) is 9.92. The Hall–Kier alpha value is -1.63. The zero-order chi connectivity index (χ0) is 18.9. The first-order chi connectivity index (χ1) is 13.1. The van der Waals surface area contributed by atoms with Crippen LogP contribution in [0.15, 0.2) is 24.3 Å². The van der Waals surface area contributed by atoms with E-state index in [1.807, 2.05) is 4.90 Å². The largest absolute Gasteiger partial charge is 0.396 e. The molecule has 0 saturated carbocycles. The van der Waals surface area contributed by atoms with Gasteiger partial charge in [-0.25, -0.2) is 0 Å². The summed E-state index contributed by atoms with van der Waals surface area (Å²) in [7, 11) is 0. The second-order valence-corrected chi connectivity index (χ2v) is 8.42. The Bertz CT molecular complexity index is 674. The number of aryl methyl sites for hydroxylation is 1. The van der Waals surface area contributed by atoms with Gasteiger partial charge in [0.25, 0.3) is 0 Å². The maximum atomic E-state index is 12.9. The lowest BCUT2D eigenvalue weighted by atomic mass is 9.75. The molecular weight excluding hydrogens is 342 g/mol. The minimum absolute atomic E-state index is 0.141. The zero-order valence-corrected chi connectivity index (χ0v) is 16.3.